The van der Waals surface area contributed by atoms with E-state index in [0.717, 1.165) is 18.8 Å². The molecule has 54 valence electrons. The van der Waals surface area contributed by atoms with Crippen molar-refractivity contribution in [3.8, 4) is 0 Å². The molecule has 0 aliphatic heterocycles. The Morgan fingerprint density at radius 3 is 2.22 bits per heavy atom. The van der Waals surface area contributed by atoms with Crippen LogP contribution in [0.15, 0.2) is 0 Å². The predicted octanol–water partition coefficient (Wildman–Crippen LogP) is 0.461. The van der Waals surface area contributed by atoms with Crippen LogP contribution in [-0.2, 0) is 0 Å². The maximum Gasteiger partial charge on any atom is 0.0194 e. The van der Waals surface area contributed by atoms with Crippen LogP contribution in [0.3, 0.4) is 0 Å². The summed E-state index contributed by atoms with van der Waals surface area (Å²) in [4.78, 5) is 0. The highest BCUT2D eigenvalue weighted by atomic mass is 14.8. The van der Waals surface area contributed by atoms with Crippen LogP contribution in [0.4, 0.5) is 0 Å². The minimum atomic E-state index is 0.258. The van der Waals surface area contributed by atoms with E-state index in [1.54, 1.807) is 0 Å². The van der Waals surface area contributed by atoms with Crippen molar-refractivity contribution in [2.45, 2.75) is 38.3 Å². The fourth-order valence-corrected chi connectivity index (χ4v) is 1.45. The molecule has 0 aromatic heterocycles. The largest absolute Gasteiger partial charge is 0.326 e. The molecule has 1 fully saturated rings. The lowest BCUT2D eigenvalue weighted by Gasteiger charge is -2.29. The molecule has 1 saturated carbocycles. The molecule has 1 rings (SSSR count). The number of hydrogen-bond donors (Lipinski definition) is 2. The van der Waals surface area contributed by atoms with Gasteiger partial charge in [-0.3, -0.25) is 0 Å². The van der Waals surface area contributed by atoms with Gasteiger partial charge in [-0.05, 0) is 25.2 Å². The Morgan fingerprint density at radius 1 is 1.11 bits per heavy atom. The van der Waals surface area contributed by atoms with Crippen LogP contribution in [0.2, 0.25) is 0 Å². The van der Waals surface area contributed by atoms with E-state index in [1.807, 2.05) is 0 Å². The van der Waals surface area contributed by atoms with E-state index < -0.39 is 0 Å². The first-order valence-electron chi connectivity index (χ1n) is 3.71. The van der Waals surface area contributed by atoms with Crippen LogP contribution in [-0.4, -0.2) is 12.1 Å². The van der Waals surface area contributed by atoms with Crippen LogP contribution in [0.5, 0.6) is 0 Å². The minimum absolute atomic E-state index is 0.258. The summed E-state index contributed by atoms with van der Waals surface area (Å²) in [6.07, 6.45) is 3.48. The Kier molecular flexibility index (Phi) is 2.09. The highest BCUT2D eigenvalue weighted by Gasteiger charge is 2.21. The van der Waals surface area contributed by atoms with E-state index in [-0.39, 0.29) is 12.1 Å². The average Bonchev–Trinajstić information content (AvgIpc) is 1.80. The lowest BCUT2D eigenvalue weighted by Crippen LogP contribution is -2.45. The third-order valence-corrected chi connectivity index (χ3v) is 2.22. The molecule has 3 atom stereocenters. The van der Waals surface area contributed by atoms with Crippen LogP contribution < -0.4 is 11.5 Å². The number of rotatable bonds is 0. The van der Waals surface area contributed by atoms with Gasteiger partial charge in [-0.15, -0.1) is 0 Å². The van der Waals surface area contributed by atoms with Gasteiger partial charge in [-0.25, -0.2) is 0 Å². The third kappa shape index (κ3) is 1.66. The summed E-state index contributed by atoms with van der Waals surface area (Å²) in [6, 6.07) is 0.523. The van der Waals surface area contributed by atoms with Crippen molar-refractivity contribution < 1.29 is 0 Å². The molecule has 0 heterocycles. The molecule has 2 nitrogen and oxygen atoms in total. The standard InChI is InChI=1S/C7H16N2/c1-5-2-3-6(8)7(9)4-5/h5-7H,2-4,8-9H2,1H3. The fraction of sp³-hybridized carbons (Fsp3) is 1.00. The summed E-state index contributed by atoms with van der Waals surface area (Å²) < 4.78 is 0. The molecule has 3 unspecified atom stereocenters. The van der Waals surface area contributed by atoms with E-state index in [1.165, 1.54) is 6.42 Å². The average molecular weight is 128 g/mol. The highest BCUT2D eigenvalue weighted by molar-refractivity contribution is 4.83. The summed E-state index contributed by atoms with van der Waals surface area (Å²) in [6.45, 7) is 2.24. The van der Waals surface area contributed by atoms with Crippen molar-refractivity contribution >= 4 is 0 Å². The molecule has 1 aliphatic rings. The van der Waals surface area contributed by atoms with E-state index in [9.17, 15) is 0 Å². The molecule has 0 aromatic carbocycles. The van der Waals surface area contributed by atoms with Crippen molar-refractivity contribution in [3.05, 3.63) is 0 Å². The summed E-state index contributed by atoms with van der Waals surface area (Å²) in [5.41, 5.74) is 11.5. The van der Waals surface area contributed by atoms with E-state index in [0.29, 0.717) is 0 Å². The van der Waals surface area contributed by atoms with Gasteiger partial charge < -0.3 is 11.5 Å². The topological polar surface area (TPSA) is 52.0 Å². The molecule has 0 saturated heterocycles. The quantitative estimate of drug-likeness (QED) is 0.498. The Morgan fingerprint density at radius 2 is 1.78 bits per heavy atom. The summed E-state index contributed by atoms with van der Waals surface area (Å²) >= 11 is 0. The Bertz CT molecular complexity index is 92.9. The van der Waals surface area contributed by atoms with Gasteiger partial charge in [-0.1, -0.05) is 6.92 Å². The number of hydrogen-bond acceptors (Lipinski definition) is 2. The molecule has 2 heteroatoms. The predicted molar refractivity (Wildman–Crippen MR) is 39.0 cm³/mol. The first-order valence-corrected chi connectivity index (χ1v) is 3.71. The molecule has 4 N–H and O–H groups in total. The van der Waals surface area contributed by atoms with E-state index in [2.05, 4.69) is 6.92 Å². The zero-order chi connectivity index (χ0) is 6.85. The third-order valence-electron chi connectivity index (χ3n) is 2.22. The summed E-state index contributed by atoms with van der Waals surface area (Å²) in [7, 11) is 0. The van der Waals surface area contributed by atoms with Crippen LogP contribution in [0, 0.1) is 5.92 Å². The molecule has 0 bridgehead atoms. The highest BCUT2D eigenvalue weighted by Crippen LogP contribution is 2.21. The molecular weight excluding hydrogens is 112 g/mol. The normalized spacial score (nSPS) is 45.0. The molecule has 1 aliphatic carbocycles. The Balaban J connectivity index is 2.35. The molecule has 0 spiro atoms. The summed E-state index contributed by atoms with van der Waals surface area (Å²) in [5, 5.41) is 0. The first-order chi connectivity index (χ1) is 4.20. The minimum Gasteiger partial charge on any atom is -0.326 e. The van der Waals surface area contributed by atoms with Crippen molar-refractivity contribution in [3.63, 3.8) is 0 Å². The molecule has 0 aromatic rings. The molecule has 0 radical (unpaired) electrons. The van der Waals surface area contributed by atoms with Crippen molar-refractivity contribution in [1.82, 2.24) is 0 Å². The Hall–Kier alpha value is -0.0800. The monoisotopic (exact) mass is 128 g/mol. The van der Waals surface area contributed by atoms with Gasteiger partial charge in [0.05, 0.1) is 0 Å². The van der Waals surface area contributed by atoms with Gasteiger partial charge in [0, 0.05) is 12.1 Å². The lowest BCUT2D eigenvalue weighted by atomic mass is 9.84. The van der Waals surface area contributed by atoms with Gasteiger partial charge in [0.1, 0.15) is 0 Å². The summed E-state index contributed by atoms with van der Waals surface area (Å²) in [5.74, 6) is 0.791. The maximum atomic E-state index is 5.74. The second-order valence-electron chi connectivity index (χ2n) is 3.25. The maximum absolute atomic E-state index is 5.74. The van der Waals surface area contributed by atoms with Gasteiger partial charge >= 0.3 is 0 Å². The lowest BCUT2D eigenvalue weighted by molar-refractivity contribution is 0.307. The zero-order valence-corrected chi connectivity index (χ0v) is 6.01. The van der Waals surface area contributed by atoms with Gasteiger partial charge in [0.15, 0.2) is 0 Å². The molecular formula is C7H16N2. The van der Waals surface area contributed by atoms with Crippen LogP contribution in [0.25, 0.3) is 0 Å². The molecule has 0 amide bonds. The SMILES string of the molecule is CC1CCC(N)C(N)C1. The fourth-order valence-electron chi connectivity index (χ4n) is 1.45. The molecule has 9 heavy (non-hydrogen) atoms. The van der Waals surface area contributed by atoms with Gasteiger partial charge in [-0.2, -0.15) is 0 Å². The van der Waals surface area contributed by atoms with Gasteiger partial charge in [0.2, 0.25) is 0 Å². The Labute approximate surface area is 56.6 Å². The van der Waals surface area contributed by atoms with Crippen LogP contribution >= 0.6 is 0 Å². The number of nitrogens with two attached hydrogens (primary N) is 2. The van der Waals surface area contributed by atoms with E-state index in [4.69, 9.17) is 11.5 Å². The smallest absolute Gasteiger partial charge is 0.0194 e. The second kappa shape index (κ2) is 2.67. The first kappa shape index (κ1) is 7.03. The van der Waals surface area contributed by atoms with E-state index >= 15 is 0 Å². The van der Waals surface area contributed by atoms with Crippen LogP contribution in [0.1, 0.15) is 26.2 Å². The van der Waals surface area contributed by atoms with Crippen molar-refractivity contribution in [2.24, 2.45) is 17.4 Å². The zero-order valence-electron chi connectivity index (χ0n) is 6.01. The van der Waals surface area contributed by atoms with Gasteiger partial charge in [0.25, 0.3) is 0 Å². The van der Waals surface area contributed by atoms with Crippen molar-refractivity contribution in [1.29, 1.82) is 0 Å². The second-order valence-corrected chi connectivity index (χ2v) is 3.25. The van der Waals surface area contributed by atoms with Crippen molar-refractivity contribution in [2.75, 3.05) is 0 Å².